The van der Waals surface area contributed by atoms with Crippen molar-refractivity contribution in [1.82, 2.24) is 24.1 Å². The van der Waals surface area contributed by atoms with Crippen LogP contribution in [-0.2, 0) is 6.18 Å². The molecule has 0 unspecified atom stereocenters. The van der Waals surface area contributed by atoms with Gasteiger partial charge in [0.2, 0.25) is 5.95 Å². The summed E-state index contributed by atoms with van der Waals surface area (Å²) < 4.78 is 48.5. The van der Waals surface area contributed by atoms with Crippen molar-refractivity contribution in [2.24, 2.45) is 0 Å². The van der Waals surface area contributed by atoms with Gasteiger partial charge in [0.15, 0.2) is 5.65 Å². The van der Waals surface area contributed by atoms with Crippen LogP contribution >= 0.6 is 0 Å². The number of aryl methyl sites for hydroxylation is 1. The molecule has 5 aromatic rings. The topological polar surface area (TPSA) is 69.3 Å². The minimum absolute atomic E-state index is 0.299. The second-order valence-corrected chi connectivity index (χ2v) is 7.64. The fourth-order valence-corrected chi connectivity index (χ4v) is 3.70. The van der Waals surface area contributed by atoms with Crippen LogP contribution in [0.5, 0.6) is 5.75 Å². The van der Waals surface area contributed by atoms with Gasteiger partial charge in [0.25, 0.3) is 0 Å². The van der Waals surface area contributed by atoms with Crippen molar-refractivity contribution < 1.29 is 17.9 Å². The van der Waals surface area contributed by atoms with Crippen LogP contribution < -0.4 is 10.1 Å². The molecule has 0 amide bonds. The van der Waals surface area contributed by atoms with Gasteiger partial charge in [-0.05, 0) is 48.9 Å². The van der Waals surface area contributed by atoms with Gasteiger partial charge in [0.1, 0.15) is 5.75 Å². The minimum atomic E-state index is -4.43. The van der Waals surface area contributed by atoms with Crippen LogP contribution in [0.1, 0.15) is 11.3 Å². The zero-order valence-electron chi connectivity index (χ0n) is 18.2. The number of halogens is 3. The Morgan fingerprint density at radius 3 is 2.62 bits per heavy atom. The summed E-state index contributed by atoms with van der Waals surface area (Å²) in [4.78, 5) is 8.76. The maximum atomic E-state index is 13.2. The van der Waals surface area contributed by atoms with E-state index in [2.05, 4.69) is 20.4 Å². The Labute approximate surface area is 192 Å². The van der Waals surface area contributed by atoms with Gasteiger partial charge in [-0.2, -0.15) is 18.2 Å². The number of nitrogens with zero attached hydrogens (tertiary/aromatic N) is 5. The number of fused-ring (bicyclic) bond motifs is 1. The molecule has 0 saturated heterocycles. The highest BCUT2D eigenvalue weighted by Gasteiger charge is 2.30. The predicted octanol–water partition coefficient (Wildman–Crippen LogP) is 5.66. The summed E-state index contributed by atoms with van der Waals surface area (Å²) in [6.07, 6.45) is 0.862. The second kappa shape index (κ2) is 8.22. The highest BCUT2D eigenvalue weighted by Crippen LogP contribution is 2.33. The molecular weight excluding hydrogens is 445 g/mol. The van der Waals surface area contributed by atoms with Crippen molar-refractivity contribution in [1.29, 1.82) is 0 Å². The molecule has 3 aromatic heterocycles. The Morgan fingerprint density at radius 1 is 1.03 bits per heavy atom. The highest BCUT2D eigenvalue weighted by atomic mass is 19.4. The number of rotatable bonds is 5. The van der Waals surface area contributed by atoms with Gasteiger partial charge in [-0.1, -0.05) is 12.1 Å². The first-order chi connectivity index (χ1) is 16.3. The van der Waals surface area contributed by atoms with Gasteiger partial charge in [-0.15, -0.1) is 5.10 Å². The molecule has 0 aliphatic heterocycles. The normalized spacial score (nSPS) is 11.7. The van der Waals surface area contributed by atoms with Gasteiger partial charge >= 0.3 is 6.18 Å². The van der Waals surface area contributed by atoms with E-state index in [4.69, 9.17) is 4.74 Å². The molecule has 172 valence electrons. The van der Waals surface area contributed by atoms with Crippen molar-refractivity contribution in [2.75, 3.05) is 12.4 Å². The average Bonchev–Trinajstić information content (AvgIpc) is 3.44. The van der Waals surface area contributed by atoms with E-state index >= 15 is 0 Å². The van der Waals surface area contributed by atoms with Crippen molar-refractivity contribution >= 4 is 17.3 Å². The van der Waals surface area contributed by atoms with Crippen LogP contribution in [0.3, 0.4) is 0 Å². The standard InChI is InChI=1S/C24H19F3N6O/c1-15-13-32(14-28-15)20-9-8-18(12-21(20)34-2)29-23-30-22-19(7-4-10-33(22)31-23)16-5-3-6-17(11-16)24(25,26)27/h3-14H,1-2H3,(H,29,31). The third kappa shape index (κ3) is 4.05. The van der Waals surface area contributed by atoms with Crippen molar-refractivity contribution in [2.45, 2.75) is 13.1 Å². The molecule has 0 aliphatic rings. The summed E-state index contributed by atoms with van der Waals surface area (Å²) >= 11 is 0. The molecule has 0 spiro atoms. The summed E-state index contributed by atoms with van der Waals surface area (Å²) in [6, 6.07) is 14.1. The number of hydrogen-bond donors (Lipinski definition) is 1. The number of hydrogen-bond acceptors (Lipinski definition) is 5. The van der Waals surface area contributed by atoms with Crippen molar-refractivity contribution in [3.05, 3.63) is 84.6 Å². The van der Waals surface area contributed by atoms with E-state index in [1.54, 1.807) is 37.8 Å². The molecule has 34 heavy (non-hydrogen) atoms. The summed E-state index contributed by atoms with van der Waals surface area (Å²) in [5.41, 5.74) is 3.05. The lowest BCUT2D eigenvalue weighted by Gasteiger charge is -2.11. The number of pyridine rings is 1. The van der Waals surface area contributed by atoms with Crippen LogP contribution in [-0.4, -0.2) is 31.3 Å². The summed E-state index contributed by atoms with van der Waals surface area (Å²) in [5.74, 6) is 0.920. The first-order valence-corrected chi connectivity index (χ1v) is 10.3. The zero-order valence-corrected chi connectivity index (χ0v) is 18.2. The fourth-order valence-electron chi connectivity index (χ4n) is 3.70. The smallest absolute Gasteiger partial charge is 0.416 e. The maximum Gasteiger partial charge on any atom is 0.416 e. The Kier molecular flexibility index (Phi) is 5.20. The van der Waals surface area contributed by atoms with Gasteiger partial charge < -0.3 is 14.6 Å². The van der Waals surface area contributed by atoms with Crippen LogP contribution in [0.15, 0.2) is 73.3 Å². The molecule has 2 aromatic carbocycles. The number of nitrogens with one attached hydrogen (secondary N) is 1. The quantitative estimate of drug-likeness (QED) is 0.363. The third-order valence-corrected chi connectivity index (χ3v) is 5.29. The SMILES string of the molecule is COc1cc(Nc2nc3c(-c4cccc(C(F)(F)F)c4)cccn3n2)ccc1-n1cnc(C)c1. The largest absolute Gasteiger partial charge is 0.494 e. The average molecular weight is 464 g/mol. The molecule has 0 bridgehead atoms. The molecule has 10 heteroatoms. The van der Waals surface area contributed by atoms with Crippen LogP contribution in [0.4, 0.5) is 24.8 Å². The van der Waals surface area contributed by atoms with E-state index < -0.39 is 11.7 Å². The molecule has 0 radical (unpaired) electrons. The number of aromatic nitrogens is 5. The monoisotopic (exact) mass is 464 g/mol. The van der Waals surface area contributed by atoms with E-state index in [1.807, 2.05) is 35.9 Å². The number of methoxy groups -OCH3 is 1. The summed E-state index contributed by atoms with van der Waals surface area (Å²) in [5, 5.41) is 7.56. The lowest BCUT2D eigenvalue weighted by Crippen LogP contribution is -2.04. The van der Waals surface area contributed by atoms with E-state index in [0.717, 1.165) is 23.5 Å². The summed E-state index contributed by atoms with van der Waals surface area (Å²) in [7, 11) is 1.58. The van der Waals surface area contributed by atoms with E-state index in [0.29, 0.717) is 34.2 Å². The number of ether oxygens (including phenoxy) is 1. The van der Waals surface area contributed by atoms with Gasteiger partial charge in [-0.25, -0.2) is 9.50 Å². The van der Waals surface area contributed by atoms with Crippen LogP contribution in [0.2, 0.25) is 0 Å². The molecule has 0 aliphatic carbocycles. The van der Waals surface area contributed by atoms with Gasteiger partial charge in [0.05, 0.1) is 30.4 Å². The molecule has 7 nitrogen and oxygen atoms in total. The molecule has 5 rings (SSSR count). The number of benzene rings is 2. The third-order valence-electron chi connectivity index (χ3n) is 5.29. The van der Waals surface area contributed by atoms with Gasteiger partial charge in [0, 0.05) is 29.7 Å². The zero-order chi connectivity index (χ0) is 23.9. The maximum absolute atomic E-state index is 13.2. The van der Waals surface area contributed by atoms with Crippen LogP contribution in [0.25, 0.3) is 22.5 Å². The Morgan fingerprint density at radius 2 is 1.88 bits per heavy atom. The summed E-state index contributed by atoms with van der Waals surface area (Å²) in [6.45, 7) is 1.90. The first kappa shape index (κ1) is 21.5. The fraction of sp³-hybridized carbons (Fsp3) is 0.125. The molecule has 1 N–H and O–H groups in total. The minimum Gasteiger partial charge on any atom is -0.494 e. The van der Waals surface area contributed by atoms with Gasteiger partial charge in [-0.3, -0.25) is 0 Å². The lowest BCUT2D eigenvalue weighted by molar-refractivity contribution is -0.137. The number of alkyl halides is 3. The number of anilines is 2. The molecule has 0 saturated carbocycles. The lowest BCUT2D eigenvalue weighted by atomic mass is 10.0. The number of imidazole rings is 1. The Bertz CT molecular complexity index is 1490. The Hall–Kier alpha value is -4.34. The molecule has 0 fully saturated rings. The van der Waals surface area contributed by atoms with E-state index in [1.165, 1.54) is 10.6 Å². The van der Waals surface area contributed by atoms with Crippen molar-refractivity contribution in [3.8, 4) is 22.6 Å². The predicted molar refractivity (Wildman–Crippen MR) is 122 cm³/mol. The second-order valence-electron chi connectivity index (χ2n) is 7.64. The Balaban J connectivity index is 1.48. The first-order valence-electron chi connectivity index (χ1n) is 10.3. The van der Waals surface area contributed by atoms with Crippen LogP contribution in [0, 0.1) is 6.92 Å². The highest BCUT2D eigenvalue weighted by molar-refractivity contribution is 5.78. The molecule has 0 atom stereocenters. The molecule has 3 heterocycles. The molecular formula is C24H19F3N6O. The van der Waals surface area contributed by atoms with E-state index in [-0.39, 0.29) is 0 Å². The van der Waals surface area contributed by atoms with Crippen molar-refractivity contribution in [3.63, 3.8) is 0 Å². The van der Waals surface area contributed by atoms with E-state index in [9.17, 15) is 13.2 Å².